The van der Waals surface area contributed by atoms with Crippen molar-refractivity contribution in [2.75, 3.05) is 7.11 Å². The lowest BCUT2D eigenvalue weighted by Gasteiger charge is -1.97. The van der Waals surface area contributed by atoms with E-state index in [1.807, 2.05) is 0 Å². The third-order valence-electron chi connectivity index (χ3n) is 1.27. The maximum atomic E-state index is 10.7. The van der Waals surface area contributed by atoms with Gasteiger partial charge < -0.3 is 14.9 Å². The van der Waals surface area contributed by atoms with Crippen LogP contribution in [0.4, 0.5) is 0 Å². The largest absolute Gasteiger partial charge is 0.478 e. The highest BCUT2D eigenvalue weighted by Gasteiger charge is 2.03. The van der Waals surface area contributed by atoms with Gasteiger partial charge in [-0.3, -0.25) is 0 Å². The van der Waals surface area contributed by atoms with Crippen molar-refractivity contribution in [1.82, 2.24) is 0 Å². The number of aliphatic carboxylic acids is 2. The average Bonchev–Trinajstić information content (AvgIpc) is 2.28. The molecule has 0 atom stereocenters. The summed E-state index contributed by atoms with van der Waals surface area (Å²) >= 11 is 0. The summed E-state index contributed by atoms with van der Waals surface area (Å²) in [5.74, 6) is -2.55. The van der Waals surface area contributed by atoms with Crippen LogP contribution in [0.25, 0.3) is 0 Å². The van der Waals surface area contributed by atoms with Gasteiger partial charge in [-0.1, -0.05) is 19.2 Å². The maximum Gasteiger partial charge on any atom is 0.333 e. The molecule has 0 aliphatic heterocycles. The van der Waals surface area contributed by atoms with Crippen LogP contribution in [-0.4, -0.2) is 35.2 Å². The minimum absolute atomic E-state index is 0.193. The topological polar surface area (TPSA) is 101 Å². The van der Waals surface area contributed by atoms with Crippen LogP contribution < -0.4 is 0 Å². The van der Waals surface area contributed by atoms with E-state index in [0.717, 1.165) is 12.2 Å². The summed E-state index contributed by atoms with van der Waals surface area (Å²) in [6.45, 7) is 6.36. The smallest absolute Gasteiger partial charge is 0.333 e. The number of carbonyl (C=O) groups excluding carboxylic acids is 1. The SMILES string of the molecule is C=C(CC=CC(=O)O)C(=O)OC.C=CC(=O)O. The van der Waals surface area contributed by atoms with E-state index >= 15 is 0 Å². The van der Waals surface area contributed by atoms with Crippen LogP contribution in [0.15, 0.2) is 37.0 Å². The summed E-state index contributed by atoms with van der Waals surface area (Å²) in [6, 6.07) is 0. The second-order valence-corrected chi connectivity index (χ2v) is 2.58. The molecule has 0 aromatic heterocycles. The van der Waals surface area contributed by atoms with Gasteiger partial charge >= 0.3 is 17.9 Å². The first-order chi connectivity index (χ1) is 7.84. The molecule has 0 aromatic rings. The summed E-state index contributed by atoms with van der Waals surface area (Å²) in [5.41, 5.74) is 0.231. The Morgan fingerprint density at radius 2 is 1.71 bits per heavy atom. The predicted molar refractivity (Wildman–Crippen MR) is 60.4 cm³/mol. The molecule has 2 N–H and O–H groups in total. The van der Waals surface area contributed by atoms with Crippen LogP contribution in [-0.2, 0) is 19.1 Å². The van der Waals surface area contributed by atoms with E-state index in [1.54, 1.807) is 0 Å². The standard InChI is InChI=1S/C8H10O4.C3H4O2/c1-6(8(11)12-2)4-3-5-7(9)10;1-2-3(4)5/h3,5H,1,4H2,2H3,(H,9,10);2H,1H2,(H,4,5). The summed E-state index contributed by atoms with van der Waals surface area (Å²) in [6.07, 6.45) is 3.31. The number of hydrogen-bond acceptors (Lipinski definition) is 4. The van der Waals surface area contributed by atoms with E-state index in [-0.39, 0.29) is 12.0 Å². The lowest BCUT2D eigenvalue weighted by atomic mass is 10.2. The van der Waals surface area contributed by atoms with Gasteiger partial charge in [-0.25, -0.2) is 14.4 Å². The molecule has 0 spiro atoms. The van der Waals surface area contributed by atoms with E-state index in [0.29, 0.717) is 0 Å². The van der Waals surface area contributed by atoms with E-state index in [9.17, 15) is 14.4 Å². The summed E-state index contributed by atoms with van der Waals surface area (Å²) < 4.78 is 4.35. The molecule has 6 nitrogen and oxygen atoms in total. The van der Waals surface area contributed by atoms with Crippen LogP contribution in [0.2, 0.25) is 0 Å². The Balaban J connectivity index is 0. The molecule has 0 amide bonds. The maximum absolute atomic E-state index is 10.7. The summed E-state index contributed by atoms with van der Waals surface area (Å²) in [5, 5.41) is 15.8. The number of ether oxygens (including phenoxy) is 1. The number of carbonyl (C=O) groups is 3. The predicted octanol–water partition coefficient (Wildman–Crippen LogP) is 1.00. The second kappa shape index (κ2) is 10.2. The fraction of sp³-hybridized carbons (Fsp3) is 0.182. The quantitative estimate of drug-likeness (QED) is 0.551. The van der Waals surface area contributed by atoms with Gasteiger partial charge in [-0.05, 0) is 6.42 Å². The minimum atomic E-state index is -1.05. The molecular weight excluding hydrogens is 228 g/mol. The first-order valence-corrected chi connectivity index (χ1v) is 4.36. The van der Waals surface area contributed by atoms with Gasteiger partial charge in [-0.15, -0.1) is 0 Å². The zero-order valence-electron chi connectivity index (χ0n) is 9.38. The van der Waals surface area contributed by atoms with Gasteiger partial charge in [0.1, 0.15) is 0 Å². The van der Waals surface area contributed by atoms with E-state index in [1.165, 1.54) is 13.2 Å². The highest BCUT2D eigenvalue weighted by molar-refractivity contribution is 5.88. The fourth-order valence-corrected chi connectivity index (χ4v) is 0.530. The average molecular weight is 242 g/mol. The van der Waals surface area contributed by atoms with Crippen molar-refractivity contribution in [3.05, 3.63) is 37.0 Å². The van der Waals surface area contributed by atoms with Gasteiger partial charge in [0.25, 0.3) is 0 Å². The first kappa shape index (κ1) is 17.0. The van der Waals surface area contributed by atoms with E-state index < -0.39 is 17.9 Å². The number of methoxy groups -OCH3 is 1. The third-order valence-corrected chi connectivity index (χ3v) is 1.27. The molecule has 0 aromatic carbocycles. The monoisotopic (exact) mass is 242 g/mol. The van der Waals surface area contributed by atoms with Crippen LogP contribution in [0.3, 0.4) is 0 Å². The zero-order valence-corrected chi connectivity index (χ0v) is 9.38. The van der Waals surface area contributed by atoms with E-state index in [2.05, 4.69) is 17.9 Å². The van der Waals surface area contributed by atoms with Crippen LogP contribution in [0.5, 0.6) is 0 Å². The van der Waals surface area contributed by atoms with Crippen LogP contribution >= 0.6 is 0 Å². The molecule has 0 radical (unpaired) electrons. The highest BCUT2D eigenvalue weighted by atomic mass is 16.5. The lowest BCUT2D eigenvalue weighted by molar-refractivity contribution is -0.136. The molecule has 0 aliphatic carbocycles. The fourth-order valence-electron chi connectivity index (χ4n) is 0.530. The van der Waals surface area contributed by atoms with E-state index in [4.69, 9.17) is 10.2 Å². The number of esters is 1. The number of rotatable bonds is 5. The molecule has 94 valence electrons. The molecule has 6 heteroatoms. The molecule has 0 aliphatic rings. The molecule has 17 heavy (non-hydrogen) atoms. The van der Waals surface area contributed by atoms with Crippen molar-refractivity contribution in [1.29, 1.82) is 0 Å². The Morgan fingerprint density at radius 3 is 2.00 bits per heavy atom. The minimum Gasteiger partial charge on any atom is -0.478 e. The summed E-state index contributed by atoms with van der Waals surface area (Å²) in [4.78, 5) is 29.9. The van der Waals surface area contributed by atoms with Crippen molar-refractivity contribution >= 4 is 17.9 Å². The van der Waals surface area contributed by atoms with Gasteiger partial charge in [0.15, 0.2) is 0 Å². The Hall–Kier alpha value is -2.37. The molecule has 0 saturated carbocycles. The number of allylic oxidation sites excluding steroid dienone is 1. The number of carboxylic acids is 2. The second-order valence-electron chi connectivity index (χ2n) is 2.58. The van der Waals surface area contributed by atoms with Gasteiger partial charge in [0.2, 0.25) is 0 Å². The summed E-state index contributed by atoms with van der Waals surface area (Å²) in [7, 11) is 1.24. The van der Waals surface area contributed by atoms with Crippen LogP contribution in [0.1, 0.15) is 6.42 Å². The molecular formula is C11H14O6. The first-order valence-electron chi connectivity index (χ1n) is 4.36. The van der Waals surface area contributed by atoms with Gasteiger partial charge in [0, 0.05) is 17.7 Å². The highest BCUT2D eigenvalue weighted by Crippen LogP contribution is 2.00. The molecule has 0 rings (SSSR count). The molecule has 0 saturated heterocycles. The molecule has 0 bridgehead atoms. The Kier molecular flexibility index (Phi) is 10.2. The Bertz CT molecular complexity index is 340. The molecule has 0 heterocycles. The zero-order chi connectivity index (χ0) is 13.8. The van der Waals surface area contributed by atoms with Gasteiger partial charge in [0.05, 0.1) is 7.11 Å². The molecule has 0 fully saturated rings. The molecule has 0 unspecified atom stereocenters. The number of carboxylic acid groups (broad SMARTS) is 2. The van der Waals surface area contributed by atoms with Crippen molar-refractivity contribution in [2.45, 2.75) is 6.42 Å². The van der Waals surface area contributed by atoms with Crippen molar-refractivity contribution in [3.8, 4) is 0 Å². The van der Waals surface area contributed by atoms with Crippen molar-refractivity contribution in [2.24, 2.45) is 0 Å². The van der Waals surface area contributed by atoms with Crippen molar-refractivity contribution in [3.63, 3.8) is 0 Å². The van der Waals surface area contributed by atoms with Crippen LogP contribution in [0, 0.1) is 0 Å². The Labute approximate surface area is 98.5 Å². The Morgan fingerprint density at radius 1 is 1.24 bits per heavy atom. The normalized spacial score (nSPS) is 8.76. The lowest BCUT2D eigenvalue weighted by Crippen LogP contribution is -2.02. The number of hydrogen-bond donors (Lipinski definition) is 2. The van der Waals surface area contributed by atoms with Gasteiger partial charge in [-0.2, -0.15) is 0 Å². The third kappa shape index (κ3) is 13.6. The van der Waals surface area contributed by atoms with Crippen molar-refractivity contribution < 1.29 is 29.3 Å².